The van der Waals surface area contributed by atoms with Crippen molar-refractivity contribution in [2.45, 2.75) is 13.8 Å². The van der Waals surface area contributed by atoms with Crippen LogP contribution in [0.25, 0.3) is 6.08 Å². The number of ether oxygens (including phenoxy) is 1. The first-order valence-corrected chi connectivity index (χ1v) is 8.33. The molecule has 0 atom stereocenters. The molecule has 0 saturated carbocycles. The molecule has 0 aromatic heterocycles. The summed E-state index contributed by atoms with van der Waals surface area (Å²) in [5, 5.41) is 3.35. The second kappa shape index (κ2) is 9.04. The van der Waals surface area contributed by atoms with Gasteiger partial charge in [0.05, 0.1) is 12.2 Å². The molecule has 1 amide bonds. The molecule has 0 unspecified atom stereocenters. The highest BCUT2D eigenvalue weighted by atomic mass is 35.5. The summed E-state index contributed by atoms with van der Waals surface area (Å²) in [5.74, 6) is -0.351. The normalized spacial score (nSPS) is 10.9. The first-order chi connectivity index (χ1) is 11.9. The molecular weight excluding hydrogens is 338 g/mol. The van der Waals surface area contributed by atoms with Gasteiger partial charge in [-0.3, -0.25) is 4.79 Å². The summed E-state index contributed by atoms with van der Waals surface area (Å²) < 4.78 is 5.16. The highest BCUT2D eigenvalue weighted by Gasteiger charge is 2.08. The number of carbonyl (C=O) groups excluding carboxylic acids is 2. The monoisotopic (exact) mass is 357 g/mol. The van der Waals surface area contributed by atoms with Crippen LogP contribution >= 0.6 is 11.6 Å². The summed E-state index contributed by atoms with van der Waals surface area (Å²) in [4.78, 5) is 23.8. The van der Waals surface area contributed by atoms with Crippen LogP contribution in [0.3, 0.4) is 0 Å². The van der Waals surface area contributed by atoms with Gasteiger partial charge in [0, 0.05) is 16.8 Å². The lowest BCUT2D eigenvalue weighted by Crippen LogP contribution is -2.11. The van der Waals surface area contributed by atoms with Gasteiger partial charge in [0.15, 0.2) is 0 Å². The Morgan fingerprint density at radius 3 is 2.52 bits per heavy atom. The third-order valence-electron chi connectivity index (χ3n) is 3.21. The van der Waals surface area contributed by atoms with Crippen LogP contribution in [0.15, 0.2) is 54.6 Å². The van der Waals surface area contributed by atoms with E-state index >= 15 is 0 Å². The predicted octanol–water partition coefficient (Wildman–Crippen LogP) is 4.80. The van der Waals surface area contributed by atoms with E-state index in [2.05, 4.69) is 5.32 Å². The Bertz CT molecular complexity index is 767. The number of amides is 1. The Kier molecular flexibility index (Phi) is 6.78. The number of hydrogen-bond donors (Lipinski definition) is 1. The second-order valence-corrected chi connectivity index (χ2v) is 6.38. The largest absolute Gasteiger partial charge is 0.462 e. The molecule has 25 heavy (non-hydrogen) atoms. The number of halogens is 1. The molecule has 0 bridgehead atoms. The molecule has 0 saturated heterocycles. The van der Waals surface area contributed by atoms with Crippen molar-refractivity contribution in [2.75, 3.05) is 11.9 Å². The average Bonchev–Trinajstić information content (AvgIpc) is 2.58. The van der Waals surface area contributed by atoms with Crippen LogP contribution in [-0.2, 0) is 9.53 Å². The zero-order valence-electron chi connectivity index (χ0n) is 14.2. The predicted molar refractivity (Wildman–Crippen MR) is 101 cm³/mol. The molecule has 0 aliphatic rings. The molecule has 0 radical (unpaired) electrons. The highest BCUT2D eigenvalue weighted by molar-refractivity contribution is 6.30. The maximum absolute atomic E-state index is 11.9. The Balaban J connectivity index is 1.92. The summed E-state index contributed by atoms with van der Waals surface area (Å²) in [7, 11) is 0. The molecule has 0 heterocycles. The molecule has 130 valence electrons. The van der Waals surface area contributed by atoms with Crippen molar-refractivity contribution in [1.82, 2.24) is 0 Å². The summed E-state index contributed by atoms with van der Waals surface area (Å²) in [5.41, 5.74) is 1.89. The molecule has 2 aromatic rings. The minimum absolute atomic E-state index is 0.268. The zero-order valence-corrected chi connectivity index (χ0v) is 14.9. The van der Waals surface area contributed by atoms with Crippen LogP contribution < -0.4 is 5.32 Å². The number of esters is 1. The van der Waals surface area contributed by atoms with Gasteiger partial charge in [-0.05, 0) is 54.0 Å². The van der Waals surface area contributed by atoms with Crippen molar-refractivity contribution < 1.29 is 14.3 Å². The second-order valence-electron chi connectivity index (χ2n) is 5.95. The molecular formula is C20H20ClNO3. The Hall–Kier alpha value is -2.59. The molecule has 0 fully saturated rings. The van der Waals surface area contributed by atoms with Crippen molar-refractivity contribution in [3.8, 4) is 0 Å². The first kappa shape index (κ1) is 18.7. The number of nitrogens with one attached hydrogen (secondary N) is 1. The Morgan fingerprint density at radius 1 is 1.16 bits per heavy atom. The maximum atomic E-state index is 11.9. The fraction of sp³-hybridized carbons (Fsp3) is 0.200. The van der Waals surface area contributed by atoms with Gasteiger partial charge in [-0.1, -0.05) is 37.6 Å². The number of hydrogen-bond acceptors (Lipinski definition) is 3. The third-order valence-corrected chi connectivity index (χ3v) is 3.45. The molecule has 5 heteroatoms. The van der Waals surface area contributed by atoms with Crippen molar-refractivity contribution in [3.63, 3.8) is 0 Å². The van der Waals surface area contributed by atoms with Crippen molar-refractivity contribution in [2.24, 2.45) is 5.92 Å². The van der Waals surface area contributed by atoms with Crippen LogP contribution in [0.2, 0.25) is 5.02 Å². The lowest BCUT2D eigenvalue weighted by atomic mass is 10.2. The van der Waals surface area contributed by atoms with Crippen LogP contribution in [0.4, 0.5) is 5.69 Å². The number of benzene rings is 2. The SMILES string of the molecule is CC(C)COC(=O)c1ccc(NC(=O)/C=C/c2cccc(Cl)c2)cc1. The first-order valence-electron chi connectivity index (χ1n) is 7.96. The van der Waals surface area contributed by atoms with Gasteiger partial charge in [-0.15, -0.1) is 0 Å². The highest BCUT2D eigenvalue weighted by Crippen LogP contribution is 2.13. The van der Waals surface area contributed by atoms with E-state index in [1.54, 1.807) is 42.5 Å². The summed E-state index contributed by atoms with van der Waals surface area (Å²) in [6.45, 7) is 4.33. The minimum atomic E-state index is -0.368. The van der Waals surface area contributed by atoms with E-state index in [0.29, 0.717) is 22.9 Å². The number of anilines is 1. The average molecular weight is 358 g/mol. The van der Waals surface area contributed by atoms with Crippen LogP contribution in [0.5, 0.6) is 0 Å². The fourth-order valence-corrected chi connectivity index (χ4v) is 2.18. The van der Waals surface area contributed by atoms with E-state index in [9.17, 15) is 9.59 Å². The molecule has 1 N–H and O–H groups in total. The lowest BCUT2D eigenvalue weighted by Gasteiger charge is -2.08. The van der Waals surface area contributed by atoms with E-state index in [1.165, 1.54) is 6.08 Å². The summed E-state index contributed by atoms with van der Waals surface area (Å²) in [6.07, 6.45) is 3.11. The molecule has 0 aliphatic carbocycles. The molecule has 0 aliphatic heterocycles. The smallest absolute Gasteiger partial charge is 0.338 e. The van der Waals surface area contributed by atoms with Gasteiger partial charge in [-0.2, -0.15) is 0 Å². The van der Waals surface area contributed by atoms with Crippen LogP contribution in [0.1, 0.15) is 29.8 Å². The van der Waals surface area contributed by atoms with Crippen molar-refractivity contribution in [3.05, 3.63) is 70.8 Å². The standard InChI is InChI=1S/C20H20ClNO3/c1-14(2)13-25-20(24)16-7-9-18(10-8-16)22-19(23)11-6-15-4-3-5-17(21)12-15/h3-12,14H,13H2,1-2H3,(H,22,23)/b11-6+. The van der Waals surface area contributed by atoms with Gasteiger partial charge in [0.2, 0.25) is 5.91 Å². The van der Waals surface area contributed by atoms with Crippen LogP contribution in [0, 0.1) is 5.92 Å². The molecule has 2 rings (SSSR count). The number of carbonyl (C=O) groups is 2. The van der Waals surface area contributed by atoms with Crippen molar-refractivity contribution in [1.29, 1.82) is 0 Å². The van der Waals surface area contributed by atoms with Gasteiger partial charge in [0.1, 0.15) is 0 Å². The van der Waals surface area contributed by atoms with E-state index in [0.717, 1.165) is 5.56 Å². The molecule has 0 spiro atoms. The number of rotatable bonds is 6. The van der Waals surface area contributed by atoms with E-state index in [-0.39, 0.29) is 17.8 Å². The molecule has 2 aromatic carbocycles. The topological polar surface area (TPSA) is 55.4 Å². The minimum Gasteiger partial charge on any atom is -0.462 e. The van der Waals surface area contributed by atoms with E-state index in [1.807, 2.05) is 26.0 Å². The van der Waals surface area contributed by atoms with Gasteiger partial charge >= 0.3 is 5.97 Å². The van der Waals surface area contributed by atoms with Gasteiger partial charge in [0.25, 0.3) is 0 Å². The lowest BCUT2D eigenvalue weighted by molar-refractivity contribution is -0.111. The third kappa shape index (κ3) is 6.43. The van der Waals surface area contributed by atoms with Gasteiger partial charge in [-0.25, -0.2) is 4.79 Å². The van der Waals surface area contributed by atoms with Gasteiger partial charge < -0.3 is 10.1 Å². The molecule has 4 nitrogen and oxygen atoms in total. The zero-order chi connectivity index (χ0) is 18.2. The summed E-state index contributed by atoms with van der Waals surface area (Å²) >= 11 is 5.90. The summed E-state index contributed by atoms with van der Waals surface area (Å²) in [6, 6.07) is 13.8. The van der Waals surface area contributed by atoms with Crippen LogP contribution in [-0.4, -0.2) is 18.5 Å². The van der Waals surface area contributed by atoms with Crippen molar-refractivity contribution >= 4 is 35.2 Å². The van der Waals surface area contributed by atoms with E-state index in [4.69, 9.17) is 16.3 Å². The fourth-order valence-electron chi connectivity index (χ4n) is 1.98. The maximum Gasteiger partial charge on any atom is 0.338 e. The quantitative estimate of drug-likeness (QED) is 0.596. The Morgan fingerprint density at radius 2 is 1.88 bits per heavy atom. The van der Waals surface area contributed by atoms with E-state index < -0.39 is 0 Å². The Labute approximate surface area is 152 Å².